The van der Waals surface area contributed by atoms with E-state index in [4.69, 9.17) is 16.3 Å². The summed E-state index contributed by atoms with van der Waals surface area (Å²) in [7, 11) is -2.45. The van der Waals surface area contributed by atoms with Crippen molar-refractivity contribution in [1.29, 1.82) is 0 Å². The van der Waals surface area contributed by atoms with E-state index >= 15 is 0 Å². The Morgan fingerprint density at radius 2 is 1.57 bits per heavy atom. The van der Waals surface area contributed by atoms with Gasteiger partial charge in [0.25, 0.3) is 10.0 Å². The summed E-state index contributed by atoms with van der Waals surface area (Å²) in [5.74, 6) is 0.217. The van der Waals surface area contributed by atoms with E-state index in [-0.39, 0.29) is 9.92 Å². The lowest BCUT2D eigenvalue weighted by atomic mass is 10.1. The molecule has 0 bridgehead atoms. The molecule has 1 atom stereocenters. The predicted octanol–water partition coefficient (Wildman–Crippen LogP) is 5.44. The Balaban J connectivity index is 2.14. The van der Waals surface area contributed by atoms with Crippen molar-refractivity contribution >= 4 is 27.3 Å². The molecule has 0 radical (unpaired) electrons. The fourth-order valence-electron chi connectivity index (χ4n) is 2.94. The topological polar surface area (TPSA) is 46.6 Å². The van der Waals surface area contributed by atoms with Crippen LogP contribution in [0.25, 0.3) is 0 Å². The fraction of sp³-hybridized carbons (Fsp3) is 0.143. The minimum Gasteiger partial charge on any atom is -0.497 e. The summed E-state index contributed by atoms with van der Waals surface area (Å²) in [6.07, 6.45) is 0. The van der Waals surface area contributed by atoms with E-state index in [1.165, 1.54) is 40.7 Å². The zero-order chi connectivity index (χ0) is 20.3. The lowest BCUT2D eigenvalue weighted by molar-refractivity contribution is 0.414. The third kappa shape index (κ3) is 3.98. The molecule has 0 aliphatic rings. The first-order valence-corrected chi connectivity index (χ1v) is 10.3. The average molecular weight is 420 g/mol. The molecule has 3 aromatic carbocycles. The number of anilines is 1. The van der Waals surface area contributed by atoms with Crippen LogP contribution in [0.15, 0.2) is 77.7 Å². The molecule has 7 heteroatoms. The Labute approximate surface area is 169 Å². The Morgan fingerprint density at radius 3 is 2.14 bits per heavy atom. The highest BCUT2D eigenvalue weighted by Crippen LogP contribution is 2.35. The number of hydrogen-bond donors (Lipinski definition) is 0. The first-order valence-electron chi connectivity index (χ1n) is 8.53. The van der Waals surface area contributed by atoms with Crippen molar-refractivity contribution in [3.8, 4) is 5.75 Å². The molecule has 0 aliphatic carbocycles. The molecule has 0 saturated carbocycles. The monoisotopic (exact) mass is 419 g/mol. The number of sulfonamides is 1. The van der Waals surface area contributed by atoms with Gasteiger partial charge in [0.05, 0.1) is 23.9 Å². The summed E-state index contributed by atoms with van der Waals surface area (Å²) in [5.41, 5.74) is 1.09. The zero-order valence-electron chi connectivity index (χ0n) is 15.3. The second-order valence-electron chi connectivity index (χ2n) is 6.16. The van der Waals surface area contributed by atoms with Crippen molar-refractivity contribution in [3.05, 3.63) is 89.2 Å². The Bertz CT molecular complexity index is 1050. The minimum atomic E-state index is -4.01. The van der Waals surface area contributed by atoms with Crippen LogP contribution in [0.3, 0.4) is 0 Å². The minimum absolute atomic E-state index is 0.0126. The van der Waals surface area contributed by atoms with Crippen LogP contribution in [0.2, 0.25) is 5.02 Å². The van der Waals surface area contributed by atoms with Crippen LogP contribution in [0.4, 0.5) is 10.1 Å². The lowest BCUT2D eigenvalue weighted by Gasteiger charge is -2.31. The SMILES string of the molecule is COc1ccc(C(C)N(c2ccc(F)cc2)S(=O)(=O)c2ccccc2Cl)cc1. The van der Waals surface area contributed by atoms with Crippen LogP contribution >= 0.6 is 11.6 Å². The summed E-state index contributed by atoms with van der Waals surface area (Å²) in [6.45, 7) is 1.76. The molecule has 1 unspecified atom stereocenters. The number of ether oxygens (including phenoxy) is 1. The molecule has 0 heterocycles. The molecule has 0 spiro atoms. The van der Waals surface area contributed by atoms with Gasteiger partial charge < -0.3 is 4.74 Å². The van der Waals surface area contributed by atoms with Crippen LogP contribution in [-0.2, 0) is 10.0 Å². The van der Waals surface area contributed by atoms with E-state index in [2.05, 4.69) is 0 Å². The molecule has 0 aromatic heterocycles. The zero-order valence-corrected chi connectivity index (χ0v) is 16.9. The molecule has 28 heavy (non-hydrogen) atoms. The van der Waals surface area contributed by atoms with Gasteiger partial charge in [-0.3, -0.25) is 4.31 Å². The van der Waals surface area contributed by atoms with Gasteiger partial charge in [-0.2, -0.15) is 0 Å². The fourth-order valence-corrected chi connectivity index (χ4v) is 5.08. The second-order valence-corrected chi connectivity index (χ2v) is 8.35. The average Bonchev–Trinajstić information content (AvgIpc) is 2.69. The molecule has 0 aliphatic heterocycles. The molecule has 0 fully saturated rings. The number of methoxy groups -OCH3 is 1. The van der Waals surface area contributed by atoms with Gasteiger partial charge in [0, 0.05) is 0 Å². The van der Waals surface area contributed by atoms with E-state index in [1.54, 1.807) is 50.4 Å². The van der Waals surface area contributed by atoms with E-state index in [0.717, 1.165) is 5.56 Å². The largest absolute Gasteiger partial charge is 0.497 e. The molecule has 146 valence electrons. The highest BCUT2D eigenvalue weighted by Gasteiger charge is 2.32. The van der Waals surface area contributed by atoms with Crippen molar-refractivity contribution in [3.63, 3.8) is 0 Å². The van der Waals surface area contributed by atoms with E-state index < -0.39 is 21.9 Å². The highest BCUT2D eigenvalue weighted by molar-refractivity contribution is 7.93. The standard InChI is InChI=1S/C21H19ClFNO3S/c1-15(16-7-13-19(27-2)14-8-16)24(18-11-9-17(23)10-12-18)28(25,26)21-6-4-3-5-20(21)22/h3-15H,1-2H3. The van der Waals surface area contributed by atoms with Crippen LogP contribution in [-0.4, -0.2) is 15.5 Å². The van der Waals surface area contributed by atoms with Crippen molar-refractivity contribution in [2.45, 2.75) is 17.9 Å². The van der Waals surface area contributed by atoms with Crippen molar-refractivity contribution in [2.75, 3.05) is 11.4 Å². The molecule has 3 aromatic rings. The van der Waals surface area contributed by atoms with Crippen LogP contribution < -0.4 is 9.04 Å². The maximum atomic E-state index is 13.5. The van der Waals surface area contributed by atoms with Crippen molar-refractivity contribution in [2.24, 2.45) is 0 Å². The second kappa shape index (κ2) is 8.20. The predicted molar refractivity (Wildman–Crippen MR) is 109 cm³/mol. The van der Waals surface area contributed by atoms with Gasteiger partial charge >= 0.3 is 0 Å². The summed E-state index contributed by atoms with van der Waals surface area (Å²) in [4.78, 5) is -0.0126. The molecule has 0 N–H and O–H groups in total. The van der Waals surface area contributed by atoms with E-state index in [9.17, 15) is 12.8 Å². The quantitative estimate of drug-likeness (QED) is 0.534. The number of halogens is 2. The Hall–Kier alpha value is -2.57. The van der Waals surface area contributed by atoms with Gasteiger partial charge in [0.2, 0.25) is 0 Å². The molecule has 0 amide bonds. The first kappa shape index (κ1) is 20.2. The highest BCUT2D eigenvalue weighted by atomic mass is 35.5. The summed E-state index contributed by atoms with van der Waals surface area (Å²) >= 11 is 6.17. The van der Waals surface area contributed by atoms with Gasteiger partial charge in [-0.05, 0) is 61.0 Å². The summed E-state index contributed by atoms with van der Waals surface area (Å²) in [6, 6.07) is 18.1. The number of nitrogens with zero attached hydrogens (tertiary/aromatic N) is 1. The summed E-state index contributed by atoms with van der Waals surface area (Å²) in [5, 5.41) is 0.122. The molecular formula is C21H19ClFNO3S. The summed E-state index contributed by atoms with van der Waals surface area (Å²) < 4.78 is 46.9. The van der Waals surface area contributed by atoms with Crippen LogP contribution in [0, 0.1) is 5.82 Å². The van der Waals surface area contributed by atoms with Gasteiger partial charge in [-0.1, -0.05) is 35.9 Å². The molecule has 3 rings (SSSR count). The Morgan fingerprint density at radius 1 is 0.964 bits per heavy atom. The van der Waals surface area contributed by atoms with Gasteiger partial charge in [0.1, 0.15) is 16.5 Å². The molecule has 4 nitrogen and oxygen atoms in total. The number of rotatable bonds is 6. The van der Waals surface area contributed by atoms with Gasteiger partial charge in [0.15, 0.2) is 0 Å². The van der Waals surface area contributed by atoms with Crippen molar-refractivity contribution < 1.29 is 17.5 Å². The van der Waals surface area contributed by atoms with Crippen LogP contribution in [0.1, 0.15) is 18.5 Å². The number of hydrogen-bond acceptors (Lipinski definition) is 3. The third-order valence-electron chi connectivity index (χ3n) is 4.40. The molecular weight excluding hydrogens is 401 g/mol. The number of benzene rings is 3. The third-order valence-corrected chi connectivity index (χ3v) is 6.80. The van der Waals surface area contributed by atoms with Gasteiger partial charge in [-0.15, -0.1) is 0 Å². The first-order chi connectivity index (χ1) is 13.3. The maximum Gasteiger partial charge on any atom is 0.266 e. The van der Waals surface area contributed by atoms with Gasteiger partial charge in [-0.25, -0.2) is 12.8 Å². The van der Waals surface area contributed by atoms with E-state index in [0.29, 0.717) is 11.4 Å². The normalized spacial score (nSPS) is 12.4. The van der Waals surface area contributed by atoms with E-state index in [1.807, 2.05) is 0 Å². The van der Waals surface area contributed by atoms with Crippen LogP contribution in [0.5, 0.6) is 5.75 Å². The Kier molecular flexibility index (Phi) is 5.91. The maximum absolute atomic E-state index is 13.5. The van der Waals surface area contributed by atoms with Crippen molar-refractivity contribution in [1.82, 2.24) is 0 Å². The lowest BCUT2D eigenvalue weighted by Crippen LogP contribution is -2.34. The molecule has 0 saturated heterocycles. The smallest absolute Gasteiger partial charge is 0.266 e.